The van der Waals surface area contributed by atoms with E-state index in [9.17, 15) is 14.0 Å². The molecule has 0 atom stereocenters. The van der Waals surface area contributed by atoms with E-state index in [1.807, 2.05) is 12.1 Å². The number of nitrogens with zero attached hydrogens (tertiary/aromatic N) is 4. The zero-order valence-electron chi connectivity index (χ0n) is 13.8. The molecule has 0 bridgehead atoms. The highest BCUT2D eigenvalue weighted by Crippen LogP contribution is 2.34. The Bertz CT molecular complexity index is 1210. The van der Waals surface area contributed by atoms with Crippen molar-refractivity contribution in [3.8, 4) is 28.6 Å². The molecule has 27 heavy (non-hydrogen) atoms. The molecule has 4 aromatic rings. The Hall–Kier alpha value is -3.92. The summed E-state index contributed by atoms with van der Waals surface area (Å²) < 4.78 is 28.8. The van der Waals surface area contributed by atoms with Crippen LogP contribution in [0.4, 0.5) is 14.6 Å². The van der Waals surface area contributed by atoms with E-state index in [0.29, 0.717) is 5.56 Å². The van der Waals surface area contributed by atoms with Crippen LogP contribution < -0.4 is 5.73 Å². The van der Waals surface area contributed by atoms with E-state index in [2.05, 4.69) is 15.0 Å². The predicted molar refractivity (Wildman–Crippen MR) is 97.2 cm³/mol. The van der Waals surface area contributed by atoms with Crippen LogP contribution in [0.25, 0.3) is 33.4 Å². The monoisotopic (exact) mass is 359 g/mol. The zero-order valence-corrected chi connectivity index (χ0v) is 13.8. The van der Waals surface area contributed by atoms with E-state index in [4.69, 9.17) is 5.73 Å². The lowest BCUT2D eigenvalue weighted by atomic mass is 10.0. The van der Waals surface area contributed by atoms with E-state index in [0.717, 1.165) is 23.0 Å². The Morgan fingerprint density at radius 2 is 1.70 bits per heavy atom. The maximum atomic E-state index is 14.4. The van der Waals surface area contributed by atoms with Gasteiger partial charge in [-0.2, -0.15) is 5.26 Å². The number of nitrogen functional groups attached to an aromatic ring is 1. The van der Waals surface area contributed by atoms with Crippen LogP contribution in [0.1, 0.15) is 5.69 Å². The number of rotatable bonds is 2. The molecular weight excluding hydrogens is 348 g/mol. The van der Waals surface area contributed by atoms with Crippen molar-refractivity contribution in [2.45, 2.75) is 0 Å². The molecule has 130 valence electrons. The number of hydrogen-bond acceptors (Lipinski definition) is 5. The minimum absolute atomic E-state index is 0.0645. The van der Waals surface area contributed by atoms with Gasteiger partial charge in [0.05, 0.1) is 16.8 Å². The van der Waals surface area contributed by atoms with Gasteiger partial charge in [-0.25, -0.2) is 18.7 Å². The van der Waals surface area contributed by atoms with Crippen LogP contribution in [0, 0.1) is 23.0 Å². The van der Waals surface area contributed by atoms with Crippen molar-refractivity contribution in [2.75, 3.05) is 5.73 Å². The highest BCUT2D eigenvalue weighted by atomic mass is 19.1. The predicted octanol–water partition coefficient (Wildman–Crippen LogP) is 4.09. The first-order chi connectivity index (χ1) is 13.1. The fourth-order valence-electron chi connectivity index (χ4n) is 2.85. The van der Waals surface area contributed by atoms with Gasteiger partial charge in [-0.05, 0) is 30.3 Å². The number of aromatic nitrogens is 3. The third kappa shape index (κ3) is 2.83. The van der Waals surface area contributed by atoms with Gasteiger partial charge in [-0.3, -0.25) is 4.98 Å². The van der Waals surface area contributed by atoms with Crippen molar-refractivity contribution in [3.05, 3.63) is 72.1 Å². The molecule has 0 saturated carbocycles. The van der Waals surface area contributed by atoms with E-state index < -0.39 is 11.6 Å². The second-order valence-electron chi connectivity index (χ2n) is 5.77. The molecule has 2 aromatic carbocycles. The molecule has 0 unspecified atom stereocenters. The van der Waals surface area contributed by atoms with Gasteiger partial charge >= 0.3 is 0 Å². The Balaban J connectivity index is 2.05. The Kier molecular flexibility index (Phi) is 3.94. The smallest absolute Gasteiger partial charge is 0.183 e. The third-order valence-corrected chi connectivity index (χ3v) is 4.10. The normalized spacial score (nSPS) is 10.7. The molecule has 2 aromatic heterocycles. The second-order valence-corrected chi connectivity index (χ2v) is 5.77. The average Bonchev–Trinajstić information content (AvgIpc) is 2.67. The van der Waals surface area contributed by atoms with Gasteiger partial charge in [0.2, 0.25) is 0 Å². The lowest BCUT2D eigenvalue weighted by molar-refractivity contribution is 0.588. The summed E-state index contributed by atoms with van der Waals surface area (Å²) in [6, 6.07) is 14.2. The highest BCUT2D eigenvalue weighted by molar-refractivity contribution is 5.87. The summed E-state index contributed by atoms with van der Waals surface area (Å²) in [5.41, 5.74) is 6.69. The summed E-state index contributed by atoms with van der Waals surface area (Å²) in [7, 11) is 0. The van der Waals surface area contributed by atoms with Crippen molar-refractivity contribution < 1.29 is 8.78 Å². The molecule has 0 spiro atoms. The quantitative estimate of drug-likeness (QED) is 0.582. The maximum Gasteiger partial charge on any atom is 0.183 e. The largest absolute Gasteiger partial charge is 0.381 e. The first-order valence-electron chi connectivity index (χ1n) is 7.95. The van der Waals surface area contributed by atoms with E-state index >= 15 is 0 Å². The van der Waals surface area contributed by atoms with Gasteiger partial charge < -0.3 is 5.73 Å². The van der Waals surface area contributed by atoms with Gasteiger partial charge in [-0.1, -0.05) is 18.2 Å². The number of nitrogens with two attached hydrogens (primary N) is 1. The SMILES string of the molecule is N#Cc1nc(-c2ccc3ncccc3c2)c(-c2c(F)cccc2F)nc1N. The van der Waals surface area contributed by atoms with Gasteiger partial charge in [0.15, 0.2) is 11.5 Å². The summed E-state index contributed by atoms with van der Waals surface area (Å²) in [6.07, 6.45) is 1.67. The van der Waals surface area contributed by atoms with Crippen LogP contribution in [0.3, 0.4) is 0 Å². The van der Waals surface area contributed by atoms with Crippen molar-refractivity contribution in [3.63, 3.8) is 0 Å². The topological polar surface area (TPSA) is 88.5 Å². The molecule has 0 saturated heterocycles. The molecule has 5 nitrogen and oxygen atoms in total. The average molecular weight is 359 g/mol. The maximum absolute atomic E-state index is 14.4. The molecule has 7 heteroatoms. The molecule has 0 aliphatic heterocycles. The van der Waals surface area contributed by atoms with Gasteiger partial charge in [0.25, 0.3) is 0 Å². The van der Waals surface area contributed by atoms with Crippen LogP contribution in [-0.2, 0) is 0 Å². The van der Waals surface area contributed by atoms with Crippen molar-refractivity contribution in [1.29, 1.82) is 5.26 Å². The summed E-state index contributed by atoms with van der Waals surface area (Å²) in [6.45, 7) is 0. The van der Waals surface area contributed by atoms with Gasteiger partial charge in [0, 0.05) is 17.1 Å². The summed E-state index contributed by atoms with van der Waals surface area (Å²) >= 11 is 0. The number of fused-ring (bicyclic) bond motifs is 1. The standard InChI is InChI=1S/C20H11F2N5/c21-13-4-1-5-14(22)17(13)19-18(26-16(10-23)20(24)27-19)12-6-7-15-11(9-12)3-2-8-25-15/h1-9H,(H2,24,27). The first kappa shape index (κ1) is 16.5. The Labute approximate surface area is 152 Å². The Morgan fingerprint density at radius 1 is 0.926 bits per heavy atom. The lowest BCUT2D eigenvalue weighted by Crippen LogP contribution is -2.05. The van der Waals surface area contributed by atoms with Crippen LogP contribution >= 0.6 is 0 Å². The highest BCUT2D eigenvalue weighted by Gasteiger charge is 2.21. The number of pyridine rings is 1. The number of benzene rings is 2. The fraction of sp³-hybridized carbons (Fsp3) is 0. The molecule has 2 heterocycles. The zero-order chi connectivity index (χ0) is 19.0. The molecule has 0 aliphatic rings. The van der Waals surface area contributed by atoms with Gasteiger partial charge in [-0.15, -0.1) is 0 Å². The van der Waals surface area contributed by atoms with Crippen molar-refractivity contribution >= 4 is 16.7 Å². The molecule has 0 radical (unpaired) electrons. The van der Waals surface area contributed by atoms with Crippen LogP contribution in [0.5, 0.6) is 0 Å². The first-order valence-corrected chi connectivity index (χ1v) is 7.95. The number of nitriles is 1. The van der Waals surface area contributed by atoms with Crippen LogP contribution in [-0.4, -0.2) is 15.0 Å². The molecule has 0 amide bonds. The van der Waals surface area contributed by atoms with Crippen molar-refractivity contribution in [1.82, 2.24) is 15.0 Å². The third-order valence-electron chi connectivity index (χ3n) is 4.10. The summed E-state index contributed by atoms with van der Waals surface area (Å²) in [4.78, 5) is 12.6. The summed E-state index contributed by atoms with van der Waals surface area (Å²) in [5, 5.41) is 10.1. The van der Waals surface area contributed by atoms with E-state index in [1.54, 1.807) is 30.5 Å². The molecule has 0 aliphatic carbocycles. The minimum Gasteiger partial charge on any atom is -0.381 e. The number of anilines is 1. The van der Waals surface area contributed by atoms with E-state index in [-0.39, 0.29) is 28.5 Å². The number of halogens is 2. The molecule has 2 N–H and O–H groups in total. The molecule has 0 fully saturated rings. The van der Waals surface area contributed by atoms with E-state index in [1.165, 1.54) is 6.07 Å². The van der Waals surface area contributed by atoms with Crippen molar-refractivity contribution in [2.24, 2.45) is 0 Å². The van der Waals surface area contributed by atoms with Gasteiger partial charge in [0.1, 0.15) is 23.4 Å². The van der Waals surface area contributed by atoms with Crippen LogP contribution in [0.2, 0.25) is 0 Å². The Morgan fingerprint density at radius 3 is 2.44 bits per heavy atom. The molecular formula is C20H11F2N5. The lowest BCUT2D eigenvalue weighted by Gasteiger charge is -2.12. The number of hydrogen-bond donors (Lipinski definition) is 1. The van der Waals surface area contributed by atoms with Crippen LogP contribution in [0.15, 0.2) is 54.7 Å². The minimum atomic E-state index is -0.794. The molecule has 4 rings (SSSR count). The second kappa shape index (κ2) is 6.42. The summed E-state index contributed by atoms with van der Waals surface area (Å²) in [5.74, 6) is -1.78. The fourth-order valence-corrected chi connectivity index (χ4v) is 2.85.